The summed E-state index contributed by atoms with van der Waals surface area (Å²) in [5.74, 6) is -0.638. The standard InChI is InChI=1S/C20H27N3O4/c24-18(22-9-3-1-2-4-10-22)16-5-8-21-17(15-16)19(25)23-11-6-20(7-12-23)26-13-14-27-20/h5,8,15H,1-4,6-7,9-14H2. The molecule has 0 N–H and O–H groups in total. The smallest absolute Gasteiger partial charge is 0.272 e. The van der Waals surface area contributed by atoms with E-state index in [9.17, 15) is 9.59 Å². The Morgan fingerprint density at radius 1 is 0.889 bits per heavy atom. The van der Waals surface area contributed by atoms with Gasteiger partial charge in [0, 0.05) is 50.8 Å². The first kappa shape index (κ1) is 18.4. The molecule has 4 heterocycles. The van der Waals surface area contributed by atoms with E-state index < -0.39 is 5.79 Å². The van der Waals surface area contributed by atoms with Crippen molar-refractivity contribution in [3.05, 3.63) is 29.6 Å². The molecule has 0 aliphatic carbocycles. The number of nitrogens with zero attached hydrogens (tertiary/aromatic N) is 3. The van der Waals surface area contributed by atoms with Gasteiger partial charge in [-0.3, -0.25) is 14.6 Å². The van der Waals surface area contributed by atoms with Gasteiger partial charge in [0.05, 0.1) is 13.2 Å². The van der Waals surface area contributed by atoms with Gasteiger partial charge in [-0.05, 0) is 25.0 Å². The Morgan fingerprint density at radius 3 is 2.19 bits per heavy atom. The van der Waals surface area contributed by atoms with E-state index in [0.717, 1.165) is 25.9 Å². The maximum Gasteiger partial charge on any atom is 0.272 e. The first-order chi connectivity index (χ1) is 13.2. The molecule has 3 aliphatic heterocycles. The first-order valence-electron chi connectivity index (χ1n) is 9.99. The Morgan fingerprint density at radius 2 is 1.52 bits per heavy atom. The van der Waals surface area contributed by atoms with Gasteiger partial charge in [0.15, 0.2) is 5.79 Å². The molecule has 7 nitrogen and oxygen atoms in total. The molecule has 1 spiro atoms. The highest BCUT2D eigenvalue weighted by Crippen LogP contribution is 2.31. The van der Waals surface area contributed by atoms with Crippen molar-refractivity contribution in [3.8, 4) is 0 Å². The molecule has 2 amide bonds. The number of ether oxygens (including phenoxy) is 2. The zero-order chi connectivity index (χ0) is 18.7. The minimum absolute atomic E-state index is 0.00120. The molecule has 1 aromatic heterocycles. The summed E-state index contributed by atoms with van der Waals surface area (Å²) in [4.78, 5) is 33.6. The van der Waals surface area contributed by atoms with Gasteiger partial charge in [0.1, 0.15) is 5.69 Å². The van der Waals surface area contributed by atoms with Gasteiger partial charge in [0.25, 0.3) is 11.8 Å². The average molecular weight is 373 g/mol. The SMILES string of the molecule is O=C(c1ccnc(C(=O)N2CCC3(CC2)OCCO3)c1)N1CCCCCC1. The van der Waals surface area contributed by atoms with Crippen LogP contribution in [0.25, 0.3) is 0 Å². The summed E-state index contributed by atoms with van der Waals surface area (Å²) in [7, 11) is 0. The van der Waals surface area contributed by atoms with Crippen LogP contribution in [0.2, 0.25) is 0 Å². The van der Waals surface area contributed by atoms with Gasteiger partial charge >= 0.3 is 0 Å². The molecule has 3 fully saturated rings. The van der Waals surface area contributed by atoms with Crippen LogP contribution >= 0.6 is 0 Å². The number of rotatable bonds is 2. The van der Waals surface area contributed by atoms with Crippen LogP contribution in [0.1, 0.15) is 59.4 Å². The highest BCUT2D eigenvalue weighted by atomic mass is 16.7. The molecular formula is C20H27N3O4. The zero-order valence-electron chi connectivity index (χ0n) is 15.7. The third kappa shape index (κ3) is 3.99. The fraction of sp³-hybridized carbons (Fsp3) is 0.650. The first-order valence-corrected chi connectivity index (χ1v) is 9.99. The molecule has 3 saturated heterocycles. The average Bonchev–Trinajstić information content (AvgIpc) is 2.99. The lowest BCUT2D eigenvalue weighted by atomic mass is 10.0. The van der Waals surface area contributed by atoms with Gasteiger partial charge in [-0.1, -0.05) is 12.8 Å². The number of pyridine rings is 1. The molecule has 0 unspecified atom stereocenters. The van der Waals surface area contributed by atoms with Crippen LogP contribution in [-0.2, 0) is 9.47 Å². The second-order valence-corrected chi connectivity index (χ2v) is 7.54. The van der Waals surface area contributed by atoms with Gasteiger partial charge in [-0.15, -0.1) is 0 Å². The summed E-state index contributed by atoms with van der Waals surface area (Å²) in [5, 5.41) is 0. The van der Waals surface area contributed by atoms with Crippen molar-refractivity contribution in [1.29, 1.82) is 0 Å². The number of piperidine rings is 1. The maximum atomic E-state index is 12.9. The Balaban J connectivity index is 1.42. The Hall–Kier alpha value is -1.99. The number of likely N-dealkylation sites (tertiary alicyclic amines) is 2. The number of hydrogen-bond donors (Lipinski definition) is 0. The molecule has 0 saturated carbocycles. The number of carbonyl (C=O) groups excluding carboxylic acids is 2. The van der Waals surface area contributed by atoms with Crippen molar-refractivity contribution in [3.63, 3.8) is 0 Å². The monoisotopic (exact) mass is 373 g/mol. The van der Waals surface area contributed by atoms with Gasteiger partial charge < -0.3 is 19.3 Å². The van der Waals surface area contributed by atoms with Crippen molar-refractivity contribution in [1.82, 2.24) is 14.8 Å². The van der Waals surface area contributed by atoms with Crippen LogP contribution in [-0.4, -0.2) is 71.8 Å². The maximum absolute atomic E-state index is 12.9. The second-order valence-electron chi connectivity index (χ2n) is 7.54. The fourth-order valence-electron chi connectivity index (χ4n) is 4.14. The zero-order valence-corrected chi connectivity index (χ0v) is 15.7. The minimum Gasteiger partial charge on any atom is -0.347 e. The van der Waals surface area contributed by atoms with E-state index in [2.05, 4.69) is 4.98 Å². The van der Waals surface area contributed by atoms with Crippen LogP contribution < -0.4 is 0 Å². The lowest BCUT2D eigenvalue weighted by Gasteiger charge is -2.37. The van der Waals surface area contributed by atoms with E-state index in [1.54, 1.807) is 23.2 Å². The third-order valence-electron chi connectivity index (χ3n) is 5.75. The number of amides is 2. The summed E-state index contributed by atoms with van der Waals surface area (Å²) in [6.07, 6.45) is 7.34. The van der Waals surface area contributed by atoms with E-state index >= 15 is 0 Å². The van der Waals surface area contributed by atoms with Crippen LogP contribution in [0, 0.1) is 0 Å². The highest BCUT2D eigenvalue weighted by Gasteiger charge is 2.41. The summed E-state index contributed by atoms with van der Waals surface area (Å²) < 4.78 is 11.4. The molecule has 0 bridgehead atoms. The molecule has 3 aliphatic rings. The Labute approximate surface area is 159 Å². The van der Waals surface area contributed by atoms with Crippen LogP contribution in [0.15, 0.2) is 18.3 Å². The van der Waals surface area contributed by atoms with Crippen LogP contribution in [0.4, 0.5) is 0 Å². The van der Waals surface area contributed by atoms with Crippen LogP contribution in [0.5, 0.6) is 0 Å². The number of aromatic nitrogens is 1. The van der Waals surface area contributed by atoms with Crippen LogP contribution in [0.3, 0.4) is 0 Å². The van der Waals surface area contributed by atoms with Gasteiger partial charge in [-0.25, -0.2) is 0 Å². The molecule has 0 aromatic carbocycles. The predicted molar refractivity (Wildman–Crippen MR) is 98.4 cm³/mol. The molecule has 4 rings (SSSR count). The largest absolute Gasteiger partial charge is 0.347 e. The van der Waals surface area contributed by atoms with E-state index in [0.29, 0.717) is 50.4 Å². The van der Waals surface area contributed by atoms with Gasteiger partial charge in [-0.2, -0.15) is 0 Å². The molecule has 1 aromatic rings. The number of hydrogen-bond acceptors (Lipinski definition) is 5. The summed E-state index contributed by atoms with van der Waals surface area (Å²) in [5.41, 5.74) is 0.881. The van der Waals surface area contributed by atoms with E-state index in [-0.39, 0.29) is 11.8 Å². The van der Waals surface area contributed by atoms with Crippen molar-refractivity contribution in [2.45, 2.75) is 44.3 Å². The molecule has 146 valence electrons. The van der Waals surface area contributed by atoms with Crippen molar-refractivity contribution in [2.75, 3.05) is 39.4 Å². The minimum atomic E-state index is -0.505. The van der Waals surface area contributed by atoms with Crippen molar-refractivity contribution >= 4 is 11.8 Å². The van der Waals surface area contributed by atoms with E-state index in [4.69, 9.17) is 9.47 Å². The molecule has 0 radical (unpaired) electrons. The van der Waals surface area contributed by atoms with Gasteiger partial charge in [0.2, 0.25) is 0 Å². The van der Waals surface area contributed by atoms with E-state index in [1.165, 1.54) is 12.8 Å². The Kier molecular flexibility index (Phi) is 5.41. The predicted octanol–water partition coefficient (Wildman–Crippen LogP) is 2.08. The quantitative estimate of drug-likeness (QED) is 0.794. The topological polar surface area (TPSA) is 72.0 Å². The van der Waals surface area contributed by atoms with Crippen molar-refractivity contribution < 1.29 is 19.1 Å². The Bertz CT molecular complexity index is 684. The van der Waals surface area contributed by atoms with Crippen molar-refractivity contribution in [2.24, 2.45) is 0 Å². The molecule has 0 atom stereocenters. The molecule has 7 heteroatoms. The fourth-order valence-corrected chi connectivity index (χ4v) is 4.14. The summed E-state index contributed by atoms with van der Waals surface area (Å²) >= 11 is 0. The second kappa shape index (κ2) is 7.94. The van der Waals surface area contributed by atoms with E-state index in [1.807, 2.05) is 4.90 Å². The summed E-state index contributed by atoms with van der Waals surface area (Å²) in [6.45, 7) is 3.97. The lowest BCUT2D eigenvalue weighted by Crippen LogP contribution is -2.47. The normalized spacial score (nSPS) is 22.7. The third-order valence-corrected chi connectivity index (χ3v) is 5.75. The molecular weight excluding hydrogens is 346 g/mol. The highest BCUT2D eigenvalue weighted by molar-refractivity contribution is 5.98. The lowest BCUT2D eigenvalue weighted by molar-refractivity contribution is -0.181. The summed E-state index contributed by atoms with van der Waals surface area (Å²) in [6, 6.07) is 3.35. The number of carbonyl (C=O) groups is 2. The molecule has 27 heavy (non-hydrogen) atoms.